The third-order valence-electron chi connectivity index (χ3n) is 3.65. The number of anilines is 1. The maximum Gasteiger partial charge on any atom is 0.453 e. The second kappa shape index (κ2) is 5.53. The summed E-state index contributed by atoms with van der Waals surface area (Å²) in [4.78, 5) is 0. The van der Waals surface area contributed by atoms with E-state index in [0.29, 0.717) is 17.9 Å². The highest BCUT2D eigenvalue weighted by atomic mass is 19.4. The number of benzene rings is 1. The average molecular weight is 321 g/mol. The van der Waals surface area contributed by atoms with Crippen LogP contribution in [-0.4, -0.2) is 19.8 Å². The van der Waals surface area contributed by atoms with Gasteiger partial charge in [-0.05, 0) is 25.0 Å². The van der Waals surface area contributed by atoms with E-state index in [2.05, 4.69) is 20.6 Å². The molecule has 120 valence electrons. The number of nitrogens with zero attached hydrogens (tertiary/aromatic N) is 4. The van der Waals surface area contributed by atoms with Gasteiger partial charge in [0.05, 0.1) is 0 Å². The zero-order valence-corrected chi connectivity index (χ0v) is 12.5. The normalized spacial score (nSPS) is 11.9. The van der Waals surface area contributed by atoms with E-state index in [1.165, 1.54) is 0 Å². The van der Waals surface area contributed by atoms with E-state index in [0.717, 1.165) is 15.6 Å². The summed E-state index contributed by atoms with van der Waals surface area (Å²) < 4.78 is 39.7. The number of hydrogen-bond acceptors (Lipinski definition) is 4. The molecule has 0 saturated heterocycles. The molecule has 0 aliphatic carbocycles. The summed E-state index contributed by atoms with van der Waals surface area (Å²) in [5.74, 6) is -0.748. The van der Waals surface area contributed by atoms with Gasteiger partial charge in [0, 0.05) is 12.1 Å². The maximum absolute atomic E-state index is 13.0. The lowest BCUT2D eigenvalue weighted by molar-refractivity contribution is -0.146. The fourth-order valence-corrected chi connectivity index (χ4v) is 2.25. The van der Waals surface area contributed by atoms with Crippen LogP contribution in [0, 0.1) is 13.8 Å². The topological polar surface area (TPSA) is 55.1 Å². The maximum atomic E-state index is 13.0. The second-order valence-electron chi connectivity index (χ2n) is 5.19. The largest absolute Gasteiger partial charge is 0.453 e. The summed E-state index contributed by atoms with van der Waals surface area (Å²) in [6.07, 6.45) is -4.61. The summed E-state index contributed by atoms with van der Waals surface area (Å²) in [5, 5.41) is 13.9. The first-order valence-electron chi connectivity index (χ1n) is 6.95. The summed E-state index contributed by atoms with van der Waals surface area (Å²) in [5.41, 5.74) is 2.47. The molecule has 0 saturated carbocycles. The van der Waals surface area contributed by atoms with E-state index in [1.807, 2.05) is 30.3 Å². The molecular formula is C15H14F3N5. The van der Waals surface area contributed by atoms with Crippen LogP contribution < -0.4 is 5.32 Å². The van der Waals surface area contributed by atoms with Crippen molar-refractivity contribution in [1.82, 2.24) is 19.8 Å². The average Bonchev–Trinajstić information content (AvgIpc) is 2.94. The fourth-order valence-electron chi connectivity index (χ4n) is 2.25. The molecule has 0 radical (unpaired) electrons. The molecule has 0 atom stereocenters. The quantitative estimate of drug-likeness (QED) is 0.803. The molecule has 0 unspecified atom stereocenters. The van der Waals surface area contributed by atoms with Gasteiger partial charge < -0.3 is 5.32 Å². The van der Waals surface area contributed by atoms with Crippen molar-refractivity contribution < 1.29 is 13.2 Å². The minimum Gasteiger partial charge on any atom is -0.364 e. The van der Waals surface area contributed by atoms with Crippen molar-refractivity contribution >= 4 is 11.5 Å². The van der Waals surface area contributed by atoms with E-state index >= 15 is 0 Å². The van der Waals surface area contributed by atoms with Crippen LogP contribution in [0.15, 0.2) is 30.3 Å². The smallest absolute Gasteiger partial charge is 0.364 e. The summed E-state index contributed by atoms with van der Waals surface area (Å²) >= 11 is 0. The van der Waals surface area contributed by atoms with Crippen LogP contribution in [-0.2, 0) is 12.7 Å². The van der Waals surface area contributed by atoms with Gasteiger partial charge in [-0.1, -0.05) is 30.3 Å². The molecule has 3 rings (SSSR count). The molecule has 2 aromatic heterocycles. The number of aromatic nitrogens is 4. The first kappa shape index (κ1) is 15.3. The van der Waals surface area contributed by atoms with Crippen LogP contribution in [0.3, 0.4) is 0 Å². The van der Waals surface area contributed by atoms with Crippen molar-refractivity contribution in [3.63, 3.8) is 0 Å². The highest BCUT2D eigenvalue weighted by molar-refractivity contribution is 5.58. The van der Waals surface area contributed by atoms with E-state index in [4.69, 9.17) is 0 Å². The van der Waals surface area contributed by atoms with Gasteiger partial charge in [-0.25, -0.2) is 0 Å². The van der Waals surface area contributed by atoms with Gasteiger partial charge in [0.2, 0.25) is 0 Å². The van der Waals surface area contributed by atoms with Crippen LogP contribution in [0.5, 0.6) is 0 Å². The molecule has 0 spiro atoms. The number of aryl methyl sites for hydroxylation is 1. The van der Waals surface area contributed by atoms with Crippen LogP contribution in [0.4, 0.5) is 19.0 Å². The molecule has 1 N–H and O–H groups in total. The first-order valence-corrected chi connectivity index (χ1v) is 6.95. The predicted octanol–water partition coefficient (Wildman–Crippen LogP) is 3.37. The van der Waals surface area contributed by atoms with Crippen LogP contribution in [0.1, 0.15) is 22.5 Å². The van der Waals surface area contributed by atoms with E-state index < -0.39 is 12.0 Å². The summed E-state index contributed by atoms with van der Waals surface area (Å²) in [6.45, 7) is 3.95. The highest BCUT2D eigenvalue weighted by Gasteiger charge is 2.38. The van der Waals surface area contributed by atoms with Gasteiger partial charge in [-0.15, -0.1) is 15.3 Å². The molecule has 2 heterocycles. The summed E-state index contributed by atoms with van der Waals surface area (Å²) in [6, 6.07) is 9.54. The Morgan fingerprint density at radius 3 is 2.39 bits per heavy atom. The van der Waals surface area contributed by atoms with E-state index in [-0.39, 0.29) is 5.65 Å². The van der Waals surface area contributed by atoms with Crippen LogP contribution >= 0.6 is 0 Å². The van der Waals surface area contributed by atoms with Crippen LogP contribution in [0.2, 0.25) is 0 Å². The lowest BCUT2D eigenvalue weighted by Crippen LogP contribution is -2.15. The first-order chi connectivity index (χ1) is 10.9. The fraction of sp³-hybridized carbons (Fsp3) is 0.267. The molecule has 8 heteroatoms. The van der Waals surface area contributed by atoms with Crippen molar-refractivity contribution in [1.29, 1.82) is 0 Å². The minimum atomic E-state index is -4.61. The molecule has 3 aromatic rings. The minimum absolute atomic E-state index is 0.111. The Morgan fingerprint density at radius 2 is 1.74 bits per heavy atom. The Labute approximate surface area is 130 Å². The van der Waals surface area contributed by atoms with Gasteiger partial charge >= 0.3 is 6.18 Å². The molecule has 0 bridgehead atoms. The second-order valence-corrected chi connectivity index (χ2v) is 5.19. The number of nitrogens with one attached hydrogen (secondary N) is 1. The van der Waals surface area contributed by atoms with Gasteiger partial charge in [0.1, 0.15) is 0 Å². The number of alkyl halides is 3. The number of halogens is 3. The molecule has 23 heavy (non-hydrogen) atoms. The Balaban J connectivity index is 2.01. The SMILES string of the molecule is Cc1c(NCc2ccccc2)nn2c(C(F)(F)F)nnc2c1C. The van der Waals surface area contributed by atoms with Gasteiger partial charge in [-0.3, -0.25) is 0 Å². The van der Waals surface area contributed by atoms with Crippen molar-refractivity contribution in [2.45, 2.75) is 26.6 Å². The van der Waals surface area contributed by atoms with Crippen molar-refractivity contribution in [2.75, 3.05) is 5.32 Å². The standard InChI is InChI=1S/C15H14F3N5/c1-9-10(2)13-20-21-14(15(16,17)18)23(13)22-12(9)19-8-11-6-4-3-5-7-11/h3-7H,8H2,1-2H3,(H,19,22). The monoisotopic (exact) mass is 321 g/mol. The predicted molar refractivity (Wildman–Crippen MR) is 79.0 cm³/mol. The number of fused-ring (bicyclic) bond motifs is 1. The third kappa shape index (κ3) is 2.84. The number of hydrogen-bond donors (Lipinski definition) is 1. The van der Waals surface area contributed by atoms with E-state index in [1.54, 1.807) is 13.8 Å². The Bertz CT molecular complexity index is 840. The van der Waals surface area contributed by atoms with Crippen LogP contribution in [0.25, 0.3) is 5.65 Å². The molecule has 0 aliphatic heterocycles. The van der Waals surface area contributed by atoms with Gasteiger partial charge in [0.15, 0.2) is 11.5 Å². The summed E-state index contributed by atoms with van der Waals surface area (Å²) in [7, 11) is 0. The van der Waals surface area contributed by atoms with Gasteiger partial charge in [0.25, 0.3) is 5.82 Å². The molecule has 5 nitrogen and oxygen atoms in total. The van der Waals surface area contributed by atoms with Crippen molar-refractivity contribution in [2.24, 2.45) is 0 Å². The van der Waals surface area contributed by atoms with Gasteiger partial charge in [-0.2, -0.15) is 17.7 Å². The Kier molecular flexibility index (Phi) is 3.67. The molecule has 0 fully saturated rings. The molecule has 0 aliphatic rings. The lowest BCUT2D eigenvalue weighted by Gasteiger charge is -2.12. The molecular weight excluding hydrogens is 307 g/mol. The number of rotatable bonds is 3. The third-order valence-corrected chi connectivity index (χ3v) is 3.65. The Hall–Kier alpha value is -2.64. The molecule has 0 amide bonds. The van der Waals surface area contributed by atoms with E-state index in [9.17, 15) is 13.2 Å². The zero-order valence-electron chi connectivity index (χ0n) is 12.5. The van der Waals surface area contributed by atoms with Crippen molar-refractivity contribution in [3.05, 3.63) is 52.8 Å². The van der Waals surface area contributed by atoms with Crippen molar-refractivity contribution in [3.8, 4) is 0 Å². The lowest BCUT2D eigenvalue weighted by atomic mass is 10.1. The Morgan fingerprint density at radius 1 is 1.04 bits per heavy atom. The zero-order chi connectivity index (χ0) is 16.6. The highest BCUT2D eigenvalue weighted by Crippen LogP contribution is 2.29. The molecule has 1 aromatic carbocycles.